The number of ether oxygens (including phenoxy) is 2. The molecule has 1 unspecified atom stereocenters. The molecule has 10 heteroatoms. The van der Waals surface area contributed by atoms with Gasteiger partial charge < -0.3 is 20.1 Å². The maximum absolute atomic E-state index is 12.6. The largest absolute Gasteiger partial charge is 0.472 e. The van der Waals surface area contributed by atoms with Crippen LogP contribution in [0, 0.1) is 0 Å². The number of hydrogen-bond donors (Lipinski definition) is 2. The highest BCUT2D eigenvalue weighted by atomic mass is 31.2. The van der Waals surface area contributed by atoms with Crippen molar-refractivity contribution in [3.05, 3.63) is 48.6 Å². The van der Waals surface area contributed by atoms with E-state index in [9.17, 15) is 19.0 Å². The predicted molar refractivity (Wildman–Crippen MR) is 229 cm³/mol. The lowest BCUT2D eigenvalue weighted by atomic mass is 10.1. The number of phosphoric ester groups is 1. The van der Waals surface area contributed by atoms with Gasteiger partial charge in [0.1, 0.15) is 6.61 Å². The Hall–Kier alpha value is -2.03. The van der Waals surface area contributed by atoms with E-state index in [0.29, 0.717) is 12.8 Å². The molecule has 320 valence electrons. The quantitative estimate of drug-likeness (QED) is 0.0268. The third-order valence-corrected chi connectivity index (χ3v) is 10.2. The van der Waals surface area contributed by atoms with Gasteiger partial charge in [0, 0.05) is 19.4 Å². The van der Waals surface area contributed by atoms with Crippen LogP contribution in [-0.2, 0) is 32.7 Å². The molecule has 0 aliphatic heterocycles. The Morgan fingerprint density at radius 3 is 1.47 bits per heavy atom. The number of allylic oxidation sites excluding steroid dienone is 8. The summed E-state index contributed by atoms with van der Waals surface area (Å²) < 4.78 is 32.7. The predicted octanol–water partition coefficient (Wildman–Crippen LogP) is 12.7. The van der Waals surface area contributed by atoms with E-state index < -0.39 is 32.5 Å². The van der Waals surface area contributed by atoms with E-state index in [2.05, 4.69) is 62.5 Å². The summed E-state index contributed by atoms with van der Waals surface area (Å²) in [6.07, 6.45) is 47.2. The van der Waals surface area contributed by atoms with E-state index >= 15 is 0 Å². The standard InChI is InChI=1S/C45H82NO8P/c1-3-5-7-9-11-13-15-17-19-21-23-25-27-29-31-33-35-37-44(47)51-41-43(42-53-55(49,50)52-40-39-46)54-45(48)38-36-34-32-30-28-26-24-22-20-18-16-14-12-10-8-6-4-2/h17-20,23,25,29,31,43H,3-16,21-22,24,26-28,30,32-42,46H2,1-2H3,(H,49,50)/b19-17-,20-18-,25-23-,31-29-/t43-/m1/s1. The number of hydrogen-bond acceptors (Lipinski definition) is 8. The molecule has 0 saturated carbocycles. The van der Waals surface area contributed by atoms with E-state index in [1.807, 2.05) is 0 Å². The van der Waals surface area contributed by atoms with Crippen molar-refractivity contribution in [2.45, 2.75) is 200 Å². The van der Waals surface area contributed by atoms with Crippen molar-refractivity contribution in [3.63, 3.8) is 0 Å². The molecule has 9 nitrogen and oxygen atoms in total. The van der Waals surface area contributed by atoms with Crippen LogP contribution in [-0.4, -0.2) is 49.3 Å². The van der Waals surface area contributed by atoms with Gasteiger partial charge in [0.25, 0.3) is 0 Å². The zero-order valence-electron chi connectivity index (χ0n) is 35.2. The molecule has 0 radical (unpaired) electrons. The second-order valence-corrected chi connectivity index (χ2v) is 16.0. The second kappa shape index (κ2) is 41.6. The number of carbonyl (C=O) groups is 2. The second-order valence-electron chi connectivity index (χ2n) is 14.6. The van der Waals surface area contributed by atoms with Gasteiger partial charge in [0.15, 0.2) is 6.10 Å². The van der Waals surface area contributed by atoms with Crippen LogP contribution in [0.15, 0.2) is 48.6 Å². The summed E-state index contributed by atoms with van der Waals surface area (Å²) in [5.41, 5.74) is 5.34. The fourth-order valence-electron chi connectivity index (χ4n) is 5.88. The van der Waals surface area contributed by atoms with Gasteiger partial charge >= 0.3 is 19.8 Å². The van der Waals surface area contributed by atoms with Crippen molar-refractivity contribution in [2.75, 3.05) is 26.4 Å². The van der Waals surface area contributed by atoms with Crippen LogP contribution in [0.3, 0.4) is 0 Å². The molecule has 3 N–H and O–H groups in total. The molecule has 0 saturated heterocycles. The minimum Gasteiger partial charge on any atom is -0.462 e. The van der Waals surface area contributed by atoms with Crippen molar-refractivity contribution < 1.29 is 37.6 Å². The van der Waals surface area contributed by atoms with E-state index in [0.717, 1.165) is 51.4 Å². The average Bonchev–Trinajstić information content (AvgIpc) is 3.17. The summed E-state index contributed by atoms with van der Waals surface area (Å²) >= 11 is 0. The highest BCUT2D eigenvalue weighted by Gasteiger charge is 2.26. The number of unbranched alkanes of at least 4 members (excludes halogenated alkanes) is 20. The van der Waals surface area contributed by atoms with Crippen LogP contribution in [0.5, 0.6) is 0 Å². The van der Waals surface area contributed by atoms with Gasteiger partial charge in [-0.1, -0.05) is 159 Å². The third kappa shape index (κ3) is 41.4. The van der Waals surface area contributed by atoms with Gasteiger partial charge in [-0.3, -0.25) is 18.6 Å². The molecule has 0 bridgehead atoms. The smallest absolute Gasteiger partial charge is 0.462 e. The van der Waals surface area contributed by atoms with Crippen LogP contribution in [0.4, 0.5) is 0 Å². The van der Waals surface area contributed by atoms with E-state index in [-0.39, 0.29) is 32.6 Å². The SMILES string of the molecule is CCCCCCCC/C=C\C/C=C\C/C=C\CCCC(=O)OC[C@H](COP(=O)(O)OCCN)OC(=O)CCCCCCCCC/C=C\CCCCCCCC. The summed E-state index contributed by atoms with van der Waals surface area (Å²) in [6.45, 7) is 3.66. The Morgan fingerprint density at radius 1 is 0.545 bits per heavy atom. The Kier molecular flexibility index (Phi) is 40.1. The number of carbonyl (C=O) groups excluding carboxylic acids is 2. The van der Waals surface area contributed by atoms with Gasteiger partial charge in [-0.15, -0.1) is 0 Å². The summed E-state index contributed by atoms with van der Waals surface area (Å²) in [5, 5.41) is 0. The topological polar surface area (TPSA) is 134 Å². The first-order valence-corrected chi connectivity index (χ1v) is 23.6. The molecule has 55 heavy (non-hydrogen) atoms. The van der Waals surface area contributed by atoms with Crippen molar-refractivity contribution in [3.8, 4) is 0 Å². The minimum atomic E-state index is -4.39. The lowest BCUT2D eigenvalue weighted by molar-refractivity contribution is -0.161. The molecule has 0 rings (SSSR count). The summed E-state index contributed by atoms with van der Waals surface area (Å²) in [7, 11) is -4.39. The first-order chi connectivity index (χ1) is 26.8. The van der Waals surface area contributed by atoms with Crippen molar-refractivity contribution >= 4 is 19.8 Å². The van der Waals surface area contributed by atoms with Crippen LogP contribution < -0.4 is 5.73 Å². The lowest BCUT2D eigenvalue weighted by Gasteiger charge is -2.19. The van der Waals surface area contributed by atoms with E-state index in [4.69, 9.17) is 24.3 Å². The van der Waals surface area contributed by atoms with Gasteiger partial charge in [-0.25, -0.2) is 4.57 Å². The fourth-order valence-corrected chi connectivity index (χ4v) is 6.65. The van der Waals surface area contributed by atoms with Crippen molar-refractivity contribution in [1.82, 2.24) is 0 Å². The summed E-state index contributed by atoms with van der Waals surface area (Å²) in [5.74, 6) is -0.894. The van der Waals surface area contributed by atoms with Crippen LogP contribution in [0.25, 0.3) is 0 Å². The Bertz CT molecular complexity index is 1040. The van der Waals surface area contributed by atoms with Crippen LogP contribution >= 0.6 is 7.82 Å². The molecular weight excluding hydrogens is 713 g/mol. The molecule has 0 aromatic heterocycles. The van der Waals surface area contributed by atoms with Gasteiger partial charge in [0.05, 0.1) is 13.2 Å². The van der Waals surface area contributed by atoms with Gasteiger partial charge in [0.2, 0.25) is 0 Å². The monoisotopic (exact) mass is 796 g/mol. The van der Waals surface area contributed by atoms with Crippen molar-refractivity contribution in [1.29, 1.82) is 0 Å². The highest BCUT2D eigenvalue weighted by molar-refractivity contribution is 7.47. The molecular formula is C45H82NO8P. The zero-order chi connectivity index (χ0) is 40.3. The molecule has 0 aliphatic rings. The molecule has 0 fully saturated rings. The third-order valence-electron chi connectivity index (χ3n) is 9.19. The molecule has 0 aromatic carbocycles. The first kappa shape index (κ1) is 53.0. The number of esters is 2. The Balaban J connectivity index is 4.23. The number of nitrogens with two attached hydrogens (primary N) is 1. The number of phosphoric acid groups is 1. The molecule has 0 amide bonds. The molecule has 0 spiro atoms. The van der Waals surface area contributed by atoms with Gasteiger partial charge in [-0.05, 0) is 70.6 Å². The summed E-state index contributed by atoms with van der Waals surface area (Å²) in [4.78, 5) is 34.8. The summed E-state index contributed by atoms with van der Waals surface area (Å²) in [6, 6.07) is 0. The molecule has 0 aromatic rings. The maximum atomic E-state index is 12.6. The van der Waals surface area contributed by atoms with E-state index in [1.165, 1.54) is 103 Å². The molecule has 0 heterocycles. The zero-order valence-corrected chi connectivity index (χ0v) is 36.0. The number of rotatable bonds is 41. The first-order valence-electron chi connectivity index (χ1n) is 22.1. The normalized spacial score (nSPS) is 13.7. The highest BCUT2D eigenvalue weighted by Crippen LogP contribution is 2.43. The van der Waals surface area contributed by atoms with Gasteiger partial charge in [-0.2, -0.15) is 0 Å². The Morgan fingerprint density at radius 2 is 0.964 bits per heavy atom. The van der Waals surface area contributed by atoms with E-state index in [1.54, 1.807) is 0 Å². The van der Waals surface area contributed by atoms with Crippen LogP contribution in [0.2, 0.25) is 0 Å². The molecule has 0 aliphatic carbocycles. The maximum Gasteiger partial charge on any atom is 0.472 e. The average molecular weight is 796 g/mol. The lowest BCUT2D eigenvalue weighted by Crippen LogP contribution is -2.29. The fraction of sp³-hybridized carbons (Fsp3) is 0.778. The minimum absolute atomic E-state index is 0.0452. The van der Waals surface area contributed by atoms with Crippen molar-refractivity contribution in [2.24, 2.45) is 5.73 Å². The van der Waals surface area contributed by atoms with Crippen LogP contribution in [0.1, 0.15) is 194 Å². The Labute approximate surface area is 336 Å². The molecule has 2 atom stereocenters.